The summed E-state index contributed by atoms with van der Waals surface area (Å²) < 4.78 is 10.2. The molecule has 0 radical (unpaired) electrons. The first kappa shape index (κ1) is 16.0. The van der Waals surface area contributed by atoms with Crippen LogP contribution in [0.2, 0.25) is 0 Å². The van der Waals surface area contributed by atoms with Crippen molar-refractivity contribution in [2.24, 2.45) is 0 Å². The average molecular weight is 322 g/mol. The molecule has 0 aliphatic carbocycles. The van der Waals surface area contributed by atoms with Crippen molar-refractivity contribution in [2.45, 2.75) is 20.0 Å². The van der Waals surface area contributed by atoms with Gasteiger partial charge < -0.3 is 9.47 Å². The Hall–Kier alpha value is -2.88. The van der Waals surface area contributed by atoms with Gasteiger partial charge in [-0.05, 0) is 41.5 Å². The first-order chi connectivity index (χ1) is 11.6. The number of benzene rings is 3. The van der Waals surface area contributed by atoms with Crippen LogP contribution in [0.5, 0.6) is 0 Å². The summed E-state index contributed by atoms with van der Waals surface area (Å²) in [6.45, 7) is 3.10. The molecule has 0 saturated carbocycles. The number of hydrogen-bond acceptors (Lipinski definition) is 4. The van der Waals surface area contributed by atoms with Gasteiger partial charge in [0.15, 0.2) is 6.61 Å². The van der Waals surface area contributed by atoms with Crippen molar-refractivity contribution in [1.82, 2.24) is 0 Å². The smallest absolute Gasteiger partial charge is 0.344 e. The molecule has 0 bridgehead atoms. The molecule has 0 heterocycles. The highest BCUT2D eigenvalue weighted by Gasteiger charge is 2.18. The van der Waals surface area contributed by atoms with Crippen molar-refractivity contribution >= 4 is 33.5 Å². The standard InChI is InChI=1S/C20H18O4/c1-13(2)24-18(21)12-23-20(22)19-16-9-5-3-7-14(16)11-15-8-4-6-10-17(15)19/h3-11,13H,12H2,1-2H3. The van der Waals surface area contributed by atoms with Crippen molar-refractivity contribution in [2.75, 3.05) is 6.61 Å². The molecule has 0 aliphatic rings. The number of fused-ring (bicyclic) bond motifs is 2. The summed E-state index contributed by atoms with van der Waals surface area (Å²) in [6.07, 6.45) is -0.241. The second-order valence-corrected chi connectivity index (χ2v) is 5.81. The molecule has 4 nitrogen and oxygen atoms in total. The molecule has 0 spiro atoms. The van der Waals surface area contributed by atoms with Gasteiger partial charge in [0.1, 0.15) is 0 Å². The molecule has 0 fully saturated rings. The largest absolute Gasteiger partial charge is 0.460 e. The molecule has 0 aromatic heterocycles. The third-order valence-corrected chi connectivity index (χ3v) is 3.66. The van der Waals surface area contributed by atoms with E-state index in [9.17, 15) is 9.59 Å². The molecular weight excluding hydrogens is 304 g/mol. The number of esters is 2. The van der Waals surface area contributed by atoms with Crippen LogP contribution in [0.25, 0.3) is 21.5 Å². The SMILES string of the molecule is CC(C)OC(=O)COC(=O)c1c2ccccc2cc2ccccc12. The second kappa shape index (κ2) is 6.71. The third kappa shape index (κ3) is 3.23. The maximum atomic E-state index is 12.6. The molecule has 0 amide bonds. The van der Waals surface area contributed by atoms with Crippen LogP contribution in [0.4, 0.5) is 0 Å². The van der Waals surface area contributed by atoms with Crippen molar-refractivity contribution < 1.29 is 19.1 Å². The Labute approximate surface area is 140 Å². The van der Waals surface area contributed by atoms with E-state index in [2.05, 4.69) is 0 Å². The van der Waals surface area contributed by atoms with Crippen LogP contribution in [-0.2, 0) is 14.3 Å². The zero-order chi connectivity index (χ0) is 17.1. The van der Waals surface area contributed by atoms with Crippen LogP contribution >= 0.6 is 0 Å². The van der Waals surface area contributed by atoms with Crippen LogP contribution in [0.15, 0.2) is 54.6 Å². The Kier molecular flexibility index (Phi) is 4.47. The van der Waals surface area contributed by atoms with E-state index >= 15 is 0 Å². The molecule has 0 atom stereocenters. The number of ether oxygens (including phenoxy) is 2. The fraction of sp³-hybridized carbons (Fsp3) is 0.200. The zero-order valence-corrected chi connectivity index (χ0v) is 13.6. The minimum absolute atomic E-state index is 0.241. The van der Waals surface area contributed by atoms with E-state index in [1.54, 1.807) is 13.8 Å². The lowest BCUT2D eigenvalue weighted by atomic mass is 9.97. The van der Waals surface area contributed by atoms with Gasteiger partial charge in [0, 0.05) is 0 Å². The highest BCUT2D eigenvalue weighted by molar-refractivity contribution is 6.16. The molecule has 3 aromatic carbocycles. The minimum Gasteiger partial charge on any atom is -0.460 e. The molecule has 0 saturated heterocycles. The highest BCUT2D eigenvalue weighted by Crippen LogP contribution is 2.29. The second-order valence-electron chi connectivity index (χ2n) is 5.81. The van der Waals surface area contributed by atoms with Crippen molar-refractivity contribution in [3.8, 4) is 0 Å². The summed E-state index contributed by atoms with van der Waals surface area (Å²) in [4.78, 5) is 24.2. The zero-order valence-electron chi connectivity index (χ0n) is 13.6. The number of rotatable bonds is 4. The third-order valence-electron chi connectivity index (χ3n) is 3.66. The van der Waals surface area contributed by atoms with Gasteiger partial charge in [0.05, 0.1) is 11.7 Å². The normalized spacial score (nSPS) is 11.0. The van der Waals surface area contributed by atoms with E-state index in [1.165, 1.54) is 0 Å². The first-order valence-electron chi connectivity index (χ1n) is 7.83. The molecule has 3 aromatic rings. The highest BCUT2D eigenvalue weighted by atomic mass is 16.6. The fourth-order valence-electron chi connectivity index (χ4n) is 2.73. The molecule has 122 valence electrons. The lowest BCUT2D eigenvalue weighted by Crippen LogP contribution is -2.19. The molecule has 24 heavy (non-hydrogen) atoms. The monoisotopic (exact) mass is 322 g/mol. The van der Waals surface area contributed by atoms with Crippen LogP contribution < -0.4 is 0 Å². The number of hydrogen-bond donors (Lipinski definition) is 0. The summed E-state index contributed by atoms with van der Waals surface area (Å²) in [5.74, 6) is -1.08. The topological polar surface area (TPSA) is 52.6 Å². The predicted octanol–water partition coefficient (Wildman–Crippen LogP) is 4.10. The van der Waals surface area contributed by atoms with Crippen LogP contribution in [0.3, 0.4) is 0 Å². The molecule has 0 N–H and O–H groups in total. The molecule has 4 heteroatoms. The Morgan fingerprint density at radius 2 is 1.46 bits per heavy atom. The molecule has 3 rings (SSSR count). The van der Waals surface area contributed by atoms with Gasteiger partial charge in [0.25, 0.3) is 0 Å². The lowest BCUT2D eigenvalue weighted by molar-refractivity contribution is -0.150. The van der Waals surface area contributed by atoms with E-state index in [0.29, 0.717) is 5.56 Å². The van der Waals surface area contributed by atoms with Crippen LogP contribution in [-0.4, -0.2) is 24.6 Å². The summed E-state index contributed by atoms with van der Waals surface area (Å²) in [6, 6.07) is 17.3. The molecule has 0 unspecified atom stereocenters. The van der Waals surface area contributed by atoms with E-state index in [4.69, 9.17) is 9.47 Å². The summed E-state index contributed by atoms with van der Waals surface area (Å²) in [5, 5.41) is 3.51. The van der Waals surface area contributed by atoms with Gasteiger partial charge in [-0.3, -0.25) is 0 Å². The predicted molar refractivity (Wildman–Crippen MR) is 93.0 cm³/mol. The van der Waals surface area contributed by atoms with Gasteiger partial charge in [-0.1, -0.05) is 48.5 Å². The van der Waals surface area contributed by atoms with E-state index in [-0.39, 0.29) is 6.10 Å². The maximum Gasteiger partial charge on any atom is 0.344 e. The molecular formula is C20H18O4. The number of carbonyl (C=O) groups excluding carboxylic acids is 2. The van der Waals surface area contributed by atoms with Gasteiger partial charge in [0.2, 0.25) is 0 Å². The Bertz CT molecular complexity index is 858. The average Bonchev–Trinajstić information content (AvgIpc) is 2.57. The van der Waals surface area contributed by atoms with Crippen molar-refractivity contribution in [3.63, 3.8) is 0 Å². The van der Waals surface area contributed by atoms with Gasteiger partial charge in [-0.25, -0.2) is 9.59 Å². The molecule has 0 aliphatic heterocycles. The summed E-state index contributed by atoms with van der Waals surface area (Å²) in [5.41, 5.74) is 0.473. The van der Waals surface area contributed by atoms with Crippen LogP contribution in [0.1, 0.15) is 24.2 Å². The van der Waals surface area contributed by atoms with Crippen molar-refractivity contribution in [1.29, 1.82) is 0 Å². The Morgan fingerprint density at radius 1 is 0.917 bits per heavy atom. The fourth-order valence-corrected chi connectivity index (χ4v) is 2.73. The van der Waals surface area contributed by atoms with Gasteiger partial charge in [-0.15, -0.1) is 0 Å². The quantitative estimate of drug-likeness (QED) is 0.536. The lowest BCUT2D eigenvalue weighted by Gasteiger charge is -2.12. The van der Waals surface area contributed by atoms with E-state index in [0.717, 1.165) is 21.5 Å². The van der Waals surface area contributed by atoms with Gasteiger partial charge >= 0.3 is 11.9 Å². The van der Waals surface area contributed by atoms with Gasteiger partial charge in [-0.2, -0.15) is 0 Å². The summed E-state index contributed by atoms with van der Waals surface area (Å²) >= 11 is 0. The minimum atomic E-state index is -0.553. The first-order valence-corrected chi connectivity index (χ1v) is 7.83. The van der Waals surface area contributed by atoms with E-state index in [1.807, 2.05) is 54.6 Å². The van der Waals surface area contributed by atoms with Crippen molar-refractivity contribution in [3.05, 3.63) is 60.2 Å². The maximum absolute atomic E-state index is 12.6. The summed E-state index contributed by atoms with van der Waals surface area (Å²) in [7, 11) is 0. The van der Waals surface area contributed by atoms with E-state index < -0.39 is 18.5 Å². The Morgan fingerprint density at radius 3 is 2.00 bits per heavy atom. The Balaban J connectivity index is 1.99. The van der Waals surface area contributed by atoms with Crippen LogP contribution in [0, 0.1) is 0 Å². The number of carbonyl (C=O) groups is 2.